The highest BCUT2D eigenvalue weighted by Gasteiger charge is 2.01. The molecule has 0 radical (unpaired) electrons. The zero-order valence-corrected chi connectivity index (χ0v) is 9.58. The second kappa shape index (κ2) is 5.93. The van der Waals surface area contributed by atoms with Crippen molar-refractivity contribution in [3.8, 4) is 6.07 Å². The van der Waals surface area contributed by atoms with Crippen LogP contribution in [0.2, 0.25) is 0 Å². The first-order chi connectivity index (χ1) is 7.63. The second-order valence-electron chi connectivity index (χ2n) is 3.62. The van der Waals surface area contributed by atoms with Crippen LogP contribution in [-0.4, -0.2) is 23.6 Å². The molecule has 16 heavy (non-hydrogen) atoms. The quantitative estimate of drug-likeness (QED) is 0.693. The molecule has 1 rings (SSSR count). The molecule has 86 valence electrons. The van der Waals surface area contributed by atoms with E-state index in [2.05, 4.69) is 16.7 Å². The molecule has 0 aliphatic rings. The number of hydrogen-bond donors (Lipinski definition) is 2. The van der Waals surface area contributed by atoms with Gasteiger partial charge in [-0.3, -0.25) is 4.79 Å². The molecule has 0 unspecified atom stereocenters. The number of rotatable bonds is 5. The van der Waals surface area contributed by atoms with Gasteiger partial charge in [0.1, 0.15) is 11.8 Å². The zero-order valence-electron chi connectivity index (χ0n) is 9.58. The Morgan fingerprint density at radius 2 is 2.31 bits per heavy atom. The van der Waals surface area contributed by atoms with E-state index in [1.807, 2.05) is 19.3 Å². The fourth-order valence-electron chi connectivity index (χ4n) is 1.40. The summed E-state index contributed by atoms with van der Waals surface area (Å²) in [5.41, 5.74) is 1.72. The van der Waals surface area contributed by atoms with Gasteiger partial charge in [-0.2, -0.15) is 5.26 Å². The van der Waals surface area contributed by atoms with Crippen LogP contribution in [0.3, 0.4) is 0 Å². The minimum absolute atomic E-state index is 0.0201. The molecular weight excluding hydrogens is 204 g/mol. The highest BCUT2D eigenvalue weighted by molar-refractivity contribution is 5.72. The maximum Gasteiger partial charge on any atom is 0.216 e. The average Bonchev–Trinajstić information content (AvgIpc) is 2.58. The van der Waals surface area contributed by atoms with E-state index in [0.29, 0.717) is 18.8 Å². The van der Waals surface area contributed by atoms with Crippen LogP contribution in [0.1, 0.15) is 18.2 Å². The number of carbonyl (C=O) groups excluding carboxylic acids is 1. The van der Waals surface area contributed by atoms with E-state index in [9.17, 15) is 4.79 Å². The van der Waals surface area contributed by atoms with Gasteiger partial charge in [0.2, 0.25) is 5.91 Å². The number of aryl methyl sites for hydroxylation is 1. The molecule has 1 aromatic heterocycles. The van der Waals surface area contributed by atoms with Crippen molar-refractivity contribution in [1.82, 2.24) is 15.2 Å². The molecule has 1 amide bonds. The largest absolute Gasteiger partial charge is 0.355 e. The second-order valence-corrected chi connectivity index (χ2v) is 3.62. The summed E-state index contributed by atoms with van der Waals surface area (Å²) in [6.07, 6.45) is 1.92. The molecule has 1 aromatic rings. The SMILES string of the molecule is CC(=O)NCCNCc1cc(C#N)n(C)c1. The standard InChI is InChI=1S/C11H16N4O/c1-9(16)14-4-3-13-7-10-5-11(6-12)15(2)8-10/h5,8,13H,3-4,7H2,1-2H3,(H,14,16). The predicted octanol–water partition coefficient (Wildman–Crippen LogP) is 0.122. The molecule has 2 N–H and O–H groups in total. The first kappa shape index (κ1) is 12.3. The summed E-state index contributed by atoms with van der Waals surface area (Å²) >= 11 is 0. The van der Waals surface area contributed by atoms with E-state index in [4.69, 9.17) is 5.26 Å². The number of nitriles is 1. The van der Waals surface area contributed by atoms with Crippen molar-refractivity contribution in [3.63, 3.8) is 0 Å². The van der Waals surface area contributed by atoms with Gasteiger partial charge in [-0.15, -0.1) is 0 Å². The normalized spacial score (nSPS) is 9.81. The highest BCUT2D eigenvalue weighted by atomic mass is 16.1. The van der Waals surface area contributed by atoms with Crippen LogP contribution in [-0.2, 0) is 18.4 Å². The third kappa shape index (κ3) is 3.75. The van der Waals surface area contributed by atoms with E-state index >= 15 is 0 Å². The molecule has 5 heteroatoms. The smallest absolute Gasteiger partial charge is 0.216 e. The van der Waals surface area contributed by atoms with Gasteiger partial charge < -0.3 is 15.2 Å². The molecule has 0 bridgehead atoms. The van der Waals surface area contributed by atoms with Gasteiger partial charge in [0.25, 0.3) is 0 Å². The molecule has 0 atom stereocenters. The summed E-state index contributed by atoms with van der Waals surface area (Å²) in [4.78, 5) is 10.6. The number of aromatic nitrogens is 1. The lowest BCUT2D eigenvalue weighted by atomic mass is 10.3. The summed E-state index contributed by atoms with van der Waals surface area (Å²) in [5.74, 6) is -0.0201. The van der Waals surface area contributed by atoms with Gasteiger partial charge in [0.15, 0.2) is 0 Å². The van der Waals surface area contributed by atoms with Gasteiger partial charge in [-0.05, 0) is 11.6 Å². The minimum atomic E-state index is -0.0201. The van der Waals surface area contributed by atoms with Crippen LogP contribution in [0.5, 0.6) is 0 Å². The Morgan fingerprint density at radius 1 is 1.56 bits per heavy atom. The Hall–Kier alpha value is -1.80. The van der Waals surface area contributed by atoms with Crippen LogP contribution in [0, 0.1) is 11.3 Å². The lowest BCUT2D eigenvalue weighted by molar-refractivity contribution is -0.118. The Balaban J connectivity index is 2.27. The van der Waals surface area contributed by atoms with E-state index < -0.39 is 0 Å². The van der Waals surface area contributed by atoms with E-state index in [1.54, 1.807) is 4.57 Å². The van der Waals surface area contributed by atoms with Gasteiger partial charge in [0, 0.05) is 39.8 Å². The van der Waals surface area contributed by atoms with Crippen molar-refractivity contribution in [2.45, 2.75) is 13.5 Å². The highest BCUT2D eigenvalue weighted by Crippen LogP contribution is 2.05. The number of carbonyl (C=O) groups is 1. The third-order valence-electron chi connectivity index (χ3n) is 2.18. The fraction of sp³-hybridized carbons (Fsp3) is 0.455. The number of hydrogen-bond acceptors (Lipinski definition) is 3. The number of nitrogens with one attached hydrogen (secondary N) is 2. The summed E-state index contributed by atoms with van der Waals surface area (Å²) < 4.78 is 1.80. The topological polar surface area (TPSA) is 69.8 Å². The average molecular weight is 220 g/mol. The van der Waals surface area contributed by atoms with Crippen molar-refractivity contribution in [2.24, 2.45) is 7.05 Å². The van der Waals surface area contributed by atoms with Gasteiger partial charge in [-0.1, -0.05) is 0 Å². The van der Waals surface area contributed by atoms with E-state index in [0.717, 1.165) is 12.1 Å². The molecule has 0 spiro atoms. The summed E-state index contributed by atoms with van der Waals surface area (Å²) in [6, 6.07) is 3.96. The molecule has 0 saturated heterocycles. The molecule has 0 aliphatic carbocycles. The summed E-state index contributed by atoms with van der Waals surface area (Å²) in [5, 5.41) is 14.6. The first-order valence-corrected chi connectivity index (χ1v) is 5.14. The summed E-state index contributed by atoms with van der Waals surface area (Å²) in [7, 11) is 1.85. The lowest BCUT2D eigenvalue weighted by Gasteiger charge is -2.03. The lowest BCUT2D eigenvalue weighted by Crippen LogP contribution is -2.29. The van der Waals surface area contributed by atoms with Crippen molar-refractivity contribution in [3.05, 3.63) is 23.5 Å². The Bertz CT molecular complexity index is 403. The van der Waals surface area contributed by atoms with Crippen molar-refractivity contribution in [2.75, 3.05) is 13.1 Å². The monoisotopic (exact) mass is 220 g/mol. The molecule has 0 fully saturated rings. The van der Waals surface area contributed by atoms with Gasteiger partial charge in [0.05, 0.1) is 0 Å². The summed E-state index contributed by atoms with van der Waals surface area (Å²) in [6.45, 7) is 3.54. The first-order valence-electron chi connectivity index (χ1n) is 5.14. The van der Waals surface area contributed by atoms with E-state index in [-0.39, 0.29) is 5.91 Å². The van der Waals surface area contributed by atoms with Crippen LogP contribution >= 0.6 is 0 Å². The third-order valence-corrected chi connectivity index (χ3v) is 2.18. The maximum atomic E-state index is 10.6. The van der Waals surface area contributed by atoms with Gasteiger partial charge in [-0.25, -0.2) is 0 Å². The Labute approximate surface area is 95.1 Å². The van der Waals surface area contributed by atoms with Crippen molar-refractivity contribution < 1.29 is 4.79 Å². The fourth-order valence-corrected chi connectivity index (χ4v) is 1.40. The van der Waals surface area contributed by atoms with Crippen molar-refractivity contribution in [1.29, 1.82) is 5.26 Å². The Morgan fingerprint density at radius 3 is 2.88 bits per heavy atom. The van der Waals surface area contributed by atoms with Crippen molar-refractivity contribution >= 4 is 5.91 Å². The van der Waals surface area contributed by atoms with Crippen LogP contribution in [0.25, 0.3) is 0 Å². The van der Waals surface area contributed by atoms with Crippen LogP contribution < -0.4 is 10.6 Å². The zero-order chi connectivity index (χ0) is 12.0. The number of amides is 1. The molecule has 0 saturated carbocycles. The predicted molar refractivity (Wildman–Crippen MR) is 60.5 cm³/mol. The molecule has 0 aliphatic heterocycles. The number of nitrogens with zero attached hydrogens (tertiary/aromatic N) is 2. The Kier molecular flexibility index (Phi) is 4.55. The maximum absolute atomic E-state index is 10.6. The molecule has 5 nitrogen and oxygen atoms in total. The van der Waals surface area contributed by atoms with E-state index in [1.165, 1.54) is 6.92 Å². The molecule has 0 aromatic carbocycles. The van der Waals surface area contributed by atoms with Crippen LogP contribution in [0.15, 0.2) is 12.3 Å². The molecular formula is C11H16N4O. The molecule has 1 heterocycles. The van der Waals surface area contributed by atoms with Gasteiger partial charge >= 0.3 is 0 Å². The van der Waals surface area contributed by atoms with Crippen LogP contribution in [0.4, 0.5) is 0 Å². The minimum Gasteiger partial charge on any atom is -0.355 e.